The maximum absolute atomic E-state index is 12.2. The van der Waals surface area contributed by atoms with Crippen LogP contribution in [0.2, 0.25) is 39.3 Å². The molecule has 4 saturated carbocycles. The van der Waals surface area contributed by atoms with Crippen molar-refractivity contribution in [2.75, 3.05) is 25.6 Å². The zero-order valence-electron chi connectivity index (χ0n) is 32.1. The van der Waals surface area contributed by atoms with Crippen LogP contribution in [0.3, 0.4) is 0 Å². The number of nitrogens with two attached hydrogens (primary N) is 1. The quantitative estimate of drug-likeness (QED) is 0.176. The number of amidine groups is 1. The minimum atomic E-state index is -2.23. The molecule has 286 valence electrons. The summed E-state index contributed by atoms with van der Waals surface area (Å²) in [5, 5.41) is 11.6. The molecule has 8 rings (SSSR count). The molecule has 4 heterocycles. The lowest BCUT2D eigenvalue weighted by Crippen LogP contribution is -2.75. The van der Waals surface area contributed by atoms with Gasteiger partial charge in [0.15, 0.2) is 21.5 Å². The van der Waals surface area contributed by atoms with Crippen molar-refractivity contribution in [3.8, 4) is 0 Å². The molecule has 0 aromatic rings. The predicted molar refractivity (Wildman–Crippen MR) is 202 cm³/mol. The van der Waals surface area contributed by atoms with Crippen LogP contribution in [0.25, 0.3) is 0 Å². The summed E-state index contributed by atoms with van der Waals surface area (Å²) in [6, 6.07) is 0. The van der Waals surface area contributed by atoms with Crippen molar-refractivity contribution in [1.82, 2.24) is 0 Å². The number of esters is 1. The number of cyclic esters (lactones) is 1. The summed E-state index contributed by atoms with van der Waals surface area (Å²) in [7, 11) is -4.12. The first-order valence-electron chi connectivity index (χ1n) is 19.7. The Hall–Kier alpha value is -0.776. The van der Waals surface area contributed by atoms with Crippen molar-refractivity contribution in [1.29, 1.82) is 0 Å². The van der Waals surface area contributed by atoms with E-state index in [4.69, 9.17) is 38.5 Å². The maximum Gasteiger partial charge on any atom is 0.331 e. The summed E-state index contributed by atoms with van der Waals surface area (Å²) in [5.74, 6) is 1.23. The van der Waals surface area contributed by atoms with E-state index in [1.165, 1.54) is 0 Å². The number of aliphatic imine (C=N–C) groups is 1. The monoisotopic (exact) mass is 762 g/mol. The zero-order valence-corrected chi connectivity index (χ0v) is 34.9. The van der Waals surface area contributed by atoms with E-state index in [1.54, 1.807) is 17.8 Å². The first-order chi connectivity index (χ1) is 23.9. The first kappa shape index (κ1) is 37.2. The largest absolute Gasteiger partial charge is 0.458 e. The Labute approximate surface area is 311 Å². The van der Waals surface area contributed by atoms with Crippen LogP contribution in [0.4, 0.5) is 0 Å². The van der Waals surface area contributed by atoms with Gasteiger partial charge in [-0.3, -0.25) is 0 Å². The molecule has 0 aromatic carbocycles. The molecule has 0 radical (unpaired) electrons. The minimum absolute atomic E-state index is 0.0786. The van der Waals surface area contributed by atoms with Gasteiger partial charge in [0.05, 0.1) is 24.1 Å². The van der Waals surface area contributed by atoms with Gasteiger partial charge in [0.2, 0.25) is 12.1 Å². The Morgan fingerprint density at radius 1 is 1.02 bits per heavy atom. The molecule has 6 fully saturated rings. The Morgan fingerprint density at radius 3 is 2.45 bits per heavy atom. The summed E-state index contributed by atoms with van der Waals surface area (Å²) in [5.41, 5.74) is 7.13. The van der Waals surface area contributed by atoms with E-state index < -0.39 is 33.6 Å². The third-order valence-corrected chi connectivity index (χ3v) is 18.1. The molecule has 10 nitrogen and oxygen atoms in total. The number of aliphatic hydroxyl groups is 1. The number of hydrogen-bond donors (Lipinski definition) is 2. The molecule has 0 aromatic heterocycles. The van der Waals surface area contributed by atoms with Gasteiger partial charge >= 0.3 is 5.97 Å². The van der Waals surface area contributed by atoms with Crippen molar-refractivity contribution < 1.29 is 37.7 Å². The summed E-state index contributed by atoms with van der Waals surface area (Å²) < 4.78 is 41.0. The highest BCUT2D eigenvalue weighted by Crippen LogP contribution is 2.74. The van der Waals surface area contributed by atoms with Gasteiger partial charge in [-0.15, -0.1) is 11.8 Å². The Balaban J connectivity index is 1.18. The number of thioether (sulfide) groups is 1. The van der Waals surface area contributed by atoms with Crippen molar-refractivity contribution in [2.45, 2.75) is 146 Å². The number of carbonyl (C=O) groups excluding carboxylic acids is 1. The minimum Gasteiger partial charge on any atom is -0.458 e. The van der Waals surface area contributed by atoms with E-state index in [9.17, 15) is 9.90 Å². The number of aliphatic hydroxyl groups excluding tert-OH is 1. The molecule has 13 heteroatoms. The molecule has 4 aliphatic carbocycles. The Kier molecular flexibility index (Phi) is 9.01. The van der Waals surface area contributed by atoms with E-state index in [1.807, 2.05) is 0 Å². The second kappa shape index (κ2) is 12.4. The molecule has 51 heavy (non-hydrogen) atoms. The highest BCUT2D eigenvalue weighted by molar-refractivity contribution is 8.01. The molecule has 0 amide bonds. The Bertz CT molecular complexity index is 1490. The lowest BCUT2D eigenvalue weighted by atomic mass is 9.39. The van der Waals surface area contributed by atoms with Gasteiger partial charge in [0, 0.05) is 36.5 Å². The van der Waals surface area contributed by atoms with E-state index in [-0.39, 0.29) is 53.1 Å². The summed E-state index contributed by atoms with van der Waals surface area (Å²) in [4.78, 5) is 16.6. The van der Waals surface area contributed by atoms with Crippen LogP contribution >= 0.6 is 11.8 Å². The molecular weight excluding hydrogens is 701 g/mol. The summed E-state index contributed by atoms with van der Waals surface area (Å²) >= 11 is 1.72. The number of hydrogen-bond acceptors (Lipinski definition) is 11. The van der Waals surface area contributed by atoms with Crippen LogP contribution in [0.15, 0.2) is 16.6 Å². The number of carbonyl (C=O) groups is 1. The van der Waals surface area contributed by atoms with Crippen molar-refractivity contribution in [3.05, 3.63) is 11.6 Å². The smallest absolute Gasteiger partial charge is 0.331 e. The normalized spacial score (nSPS) is 49.3. The standard InChI is InChI=1S/C38H62N2O8SSi2/c1-23-17-37(40-31(39)20-49-37)38(48-51(6,7)8)33(45-23)46-29-16-25-9-10-28-27(35(25,18-30(29)47-38)22-44-50(3,4)5)11-13-34(2)26(12-14-36(28,34)21-41)24-15-32(42)43-19-24/h15,23,25-30,33,41H,9-14,16-22H2,1-8H3,(H2,39,40)/t23-,25+,26-,27+,28-,29-,30-,33+,34-,35-,36+,37+,38?/m1/s1. The highest BCUT2D eigenvalue weighted by Gasteiger charge is 2.74. The van der Waals surface area contributed by atoms with E-state index in [2.05, 4.69) is 53.1 Å². The number of nitrogens with zero attached hydrogens (tertiary/aromatic N) is 1. The van der Waals surface area contributed by atoms with Crippen molar-refractivity contribution in [3.63, 3.8) is 0 Å². The van der Waals surface area contributed by atoms with E-state index in [0.29, 0.717) is 49.0 Å². The summed E-state index contributed by atoms with van der Waals surface area (Å²) in [6.07, 6.45) is 9.22. The third kappa shape index (κ3) is 5.66. The maximum atomic E-state index is 12.2. The molecule has 3 N–H and O–H groups in total. The molecule has 2 saturated heterocycles. The fraction of sp³-hybridized carbons (Fsp3) is 0.895. The highest BCUT2D eigenvalue weighted by atomic mass is 32.2. The number of rotatable bonds is 7. The predicted octanol–water partition coefficient (Wildman–Crippen LogP) is 6.20. The second-order valence-electron chi connectivity index (χ2n) is 19.6. The molecular formula is C38H62N2O8SSi2. The molecule has 1 spiro atoms. The molecule has 13 atom stereocenters. The van der Waals surface area contributed by atoms with Crippen LogP contribution in [0.5, 0.6) is 0 Å². The number of ether oxygens (including phenoxy) is 4. The van der Waals surface area contributed by atoms with Crippen molar-refractivity contribution in [2.24, 2.45) is 50.6 Å². The van der Waals surface area contributed by atoms with Gasteiger partial charge in [-0.25, -0.2) is 9.79 Å². The van der Waals surface area contributed by atoms with Gasteiger partial charge in [0.25, 0.3) is 0 Å². The van der Waals surface area contributed by atoms with E-state index >= 15 is 0 Å². The fourth-order valence-electron chi connectivity index (χ4n) is 12.7. The van der Waals surface area contributed by atoms with Gasteiger partial charge < -0.3 is 38.6 Å². The van der Waals surface area contributed by atoms with Crippen LogP contribution in [0, 0.1) is 39.9 Å². The van der Waals surface area contributed by atoms with Gasteiger partial charge in [-0.05, 0) is 132 Å². The van der Waals surface area contributed by atoms with Crippen LogP contribution in [-0.4, -0.2) is 94.4 Å². The third-order valence-electron chi connectivity index (χ3n) is 14.7. The Morgan fingerprint density at radius 2 is 1.80 bits per heavy atom. The average Bonchev–Trinajstić information content (AvgIpc) is 3.72. The number of fused-ring (bicyclic) bond motifs is 8. The lowest BCUT2D eigenvalue weighted by Gasteiger charge is -2.68. The van der Waals surface area contributed by atoms with Crippen molar-refractivity contribution >= 4 is 40.2 Å². The lowest BCUT2D eigenvalue weighted by molar-refractivity contribution is -0.440. The van der Waals surface area contributed by atoms with Gasteiger partial charge in [-0.2, -0.15) is 0 Å². The van der Waals surface area contributed by atoms with E-state index in [0.717, 1.165) is 56.9 Å². The van der Waals surface area contributed by atoms with Gasteiger partial charge in [0.1, 0.15) is 12.4 Å². The molecule has 1 unspecified atom stereocenters. The van der Waals surface area contributed by atoms with Crippen LogP contribution in [-0.2, 0) is 32.6 Å². The van der Waals surface area contributed by atoms with Crippen LogP contribution < -0.4 is 5.73 Å². The average molecular weight is 763 g/mol. The topological polar surface area (TPSA) is 131 Å². The molecule has 8 aliphatic rings. The SMILES string of the molecule is C[C@@H]1C[C@@]2(N=C(N)CS2)C2(O[Si](C)(C)C)O[C@@H]3C[C@@]4(CO[Si](C)(C)C)[C@@H](CC[C@@H]5[C@@H]4CC[C@]4(C)[C@@H](C6=CC(=O)OC6)CC[C@]54CO)C[C@H]3O[C@@H]2O1. The zero-order chi connectivity index (χ0) is 36.4. The fourth-order valence-corrected chi connectivity index (χ4v) is 16.1. The molecule has 4 aliphatic heterocycles. The van der Waals surface area contributed by atoms with Crippen LogP contribution in [0.1, 0.15) is 71.6 Å². The molecule has 0 bridgehead atoms. The first-order valence-corrected chi connectivity index (χ1v) is 27.5. The van der Waals surface area contributed by atoms with Gasteiger partial charge in [-0.1, -0.05) is 6.92 Å². The second-order valence-corrected chi connectivity index (χ2v) is 29.8. The summed E-state index contributed by atoms with van der Waals surface area (Å²) in [6.45, 7) is 19.3.